The van der Waals surface area contributed by atoms with Crippen molar-refractivity contribution in [3.05, 3.63) is 57.9 Å². The van der Waals surface area contributed by atoms with Crippen LogP contribution in [0.25, 0.3) is 10.9 Å². The van der Waals surface area contributed by atoms with Crippen LogP contribution in [0.15, 0.2) is 41.9 Å². The number of fused-ring (bicyclic) bond motifs is 2. The van der Waals surface area contributed by atoms with Gasteiger partial charge in [-0.3, -0.25) is 4.79 Å². The highest BCUT2D eigenvalue weighted by Gasteiger charge is 2.32. The van der Waals surface area contributed by atoms with E-state index in [4.69, 9.17) is 0 Å². The number of para-hydroxylation sites is 1. The third-order valence-electron chi connectivity index (χ3n) is 4.87. The molecule has 4 heteroatoms. The molecule has 3 nitrogen and oxygen atoms in total. The van der Waals surface area contributed by atoms with Crippen LogP contribution in [0.3, 0.4) is 0 Å². The largest absolute Gasteiger partial charge is 0.350 e. The molecule has 0 saturated heterocycles. The third kappa shape index (κ3) is 2.20. The van der Waals surface area contributed by atoms with Crippen LogP contribution in [0.1, 0.15) is 40.2 Å². The molecule has 3 heterocycles. The van der Waals surface area contributed by atoms with Crippen LogP contribution in [0.2, 0.25) is 0 Å². The molecule has 0 fully saturated rings. The quantitative estimate of drug-likeness (QED) is 0.686. The second kappa shape index (κ2) is 5.53. The topological polar surface area (TPSA) is 25.2 Å². The van der Waals surface area contributed by atoms with E-state index in [9.17, 15) is 4.79 Å². The van der Waals surface area contributed by atoms with Crippen molar-refractivity contribution >= 4 is 28.1 Å². The fourth-order valence-electron chi connectivity index (χ4n) is 3.75. The molecule has 4 rings (SSSR count). The summed E-state index contributed by atoms with van der Waals surface area (Å²) in [4.78, 5) is 16.8. The zero-order valence-electron chi connectivity index (χ0n) is 13.5. The number of hydrogen-bond donors (Lipinski definition) is 0. The van der Waals surface area contributed by atoms with Crippen molar-refractivity contribution in [3.8, 4) is 0 Å². The molecule has 1 unspecified atom stereocenters. The minimum absolute atomic E-state index is 0.158. The van der Waals surface area contributed by atoms with Gasteiger partial charge in [0.2, 0.25) is 0 Å². The molecule has 1 amide bonds. The van der Waals surface area contributed by atoms with E-state index in [1.165, 1.54) is 10.4 Å². The van der Waals surface area contributed by atoms with Gasteiger partial charge in [0, 0.05) is 35.6 Å². The van der Waals surface area contributed by atoms with Crippen molar-refractivity contribution in [1.82, 2.24) is 9.47 Å². The molecule has 2 aromatic heterocycles. The first-order valence-corrected chi connectivity index (χ1v) is 9.00. The summed E-state index contributed by atoms with van der Waals surface area (Å²) in [6, 6.07) is 10.5. The molecule has 0 aliphatic carbocycles. The number of carbonyl (C=O) groups is 1. The van der Waals surface area contributed by atoms with Gasteiger partial charge in [-0.1, -0.05) is 25.1 Å². The molecule has 0 spiro atoms. The molecular formula is C19H20N2OS. The first kappa shape index (κ1) is 14.5. The first-order valence-electron chi connectivity index (χ1n) is 8.12. The molecule has 118 valence electrons. The van der Waals surface area contributed by atoms with Gasteiger partial charge in [-0.2, -0.15) is 0 Å². The third-order valence-corrected chi connectivity index (χ3v) is 5.87. The van der Waals surface area contributed by atoms with E-state index >= 15 is 0 Å². The van der Waals surface area contributed by atoms with E-state index in [0.717, 1.165) is 35.9 Å². The highest BCUT2D eigenvalue weighted by molar-refractivity contribution is 7.10. The second-order valence-electron chi connectivity index (χ2n) is 6.14. The maximum atomic E-state index is 13.2. The Labute approximate surface area is 140 Å². The van der Waals surface area contributed by atoms with Gasteiger partial charge in [0.15, 0.2) is 0 Å². The van der Waals surface area contributed by atoms with Crippen molar-refractivity contribution in [1.29, 1.82) is 0 Å². The van der Waals surface area contributed by atoms with E-state index in [0.29, 0.717) is 0 Å². The summed E-state index contributed by atoms with van der Waals surface area (Å²) in [5, 5.41) is 3.20. The summed E-state index contributed by atoms with van der Waals surface area (Å²) in [6.45, 7) is 2.98. The second-order valence-corrected chi connectivity index (χ2v) is 7.14. The van der Waals surface area contributed by atoms with Crippen LogP contribution in [-0.4, -0.2) is 21.9 Å². The summed E-state index contributed by atoms with van der Waals surface area (Å²) >= 11 is 1.82. The maximum absolute atomic E-state index is 13.2. The predicted octanol–water partition coefficient (Wildman–Crippen LogP) is 4.39. The number of aryl methyl sites for hydroxylation is 1. The molecule has 1 aromatic carbocycles. The van der Waals surface area contributed by atoms with Crippen LogP contribution in [0.4, 0.5) is 0 Å². The minimum Gasteiger partial charge on any atom is -0.350 e. The summed E-state index contributed by atoms with van der Waals surface area (Å²) in [6.07, 6.45) is 3.91. The van der Waals surface area contributed by atoms with Gasteiger partial charge >= 0.3 is 0 Å². The fraction of sp³-hybridized carbons (Fsp3) is 0.316. The lowest BCUT2D eigenvalue weighted by Gasteiger charge is -2.35. The number of nitrogens with zero attached hydrogens (tertiary/aromatic N) is 2. The number of rotatable bonds is 2. The van der Waals surface area contributed by atoms with Gasteiger partial charge in [0.05, 0.1) is 11.6 Å². The molecule has 23 heavy (non-hydrogen) atoms. The molecule has 0 N–H and O–H groups in total. The number of benzene rings is 1. The molecule has 1 atom stereocenters. The highest BCUT2D eigenvalue weighted by atomic mass is 32.1. The average Bonchev–Trinajstić information content (AvgIpc) is 3.18. The van der Waals surface area contributed by atoms with Crippen LogP contribution >= 0.6 is 11.3 Å². The Bertz CT molecular complexity index is 877. The van der Waals surface area contributed by atoms with Gasteiger partial charge in [0.1, 0.15) is 0 Å². The Morgan fingerprint density at radius 3 is 2.96 bits per heavy atom. The van der Waals surface area contributed by atoms with Crippen LogP contribution in [-0.2, 0) is 13.5 Å². The van der Waals surface area contributed by atoms with Crippen molar-refractivity contribution in [3.63, 3.8) is 0 Å². The standard InChI is InChI=1S/C19H20N2OS/c1-3-16-14-9-11-23-18(14)8-10-21(16)19(22)15-12-20(2)17-7-5-4-6-13(15)17/h4-7,9,11-12,16H,3,8,10H2,1-2H3. The van der Waals surface area contributed by atoms with Crippen molar-refractivity contribution in [2.75, 3.05) is 6.54 Å². The lowest BCUT2D eigenvalue weighted by molar-refractivity contribution is 0.0659. The molecule has 0 saturated carbocycles. The first-order chi connectivity index (χ1) is 11.2. The van der Waals surface area contributed by atoms with Crippen LogP contribution in [0, 0.1) is 0 Å². The Kier molecular flexibility index (Phi) is 3.49. The van der Waals surface area contributed by atoms with E-state index < -0.39 is 0 Å². The molecule has 0 radical (unpaired) electrons. The predicted molar refractivity (Wildman–Crippen MR) is 95.0 cm³/mol. The SMILES string of the molecule is CCC1c2ccsc2CCN1C(=O)c1cn(C)c2ccccc12. The lowest BCUT2D eigenvalue weighted by Crippen LogP contribution is -2.39. The van der Waals surface area contributed by atoms with E-state index in [1.54, 1.807) is 0 Å². The Morgan fingerprint density at radius 1 is 1.30 bits per heavy atom. The monoisotopic (exact) mass is 324 g/mol. The molecule has 1 aliphatic heterocycles. The zero-order valence-corrected chi connectivity index (χ0v) is 14.3. The number of hydrogen-bond acceptors (Lipinski definition) is 2. The van der Waals surface area contributed by atoms with Crippen molar-refractivity contribution < 1.29 is 4.79 Å². The molecule has 1 aliphatic rings. The summed E-state index contributed by atoms with van der Waals surface area (Å²) in [7, 11) is 2.00. The Morgan fingerprint density at radius 2 is 2.13 bits per heavy atom. The average molecular weight is 324 g/mol. The number of thiophene rings is 1. The lowest BCUT2D eigenvalue weighted by atomic mass is 9.97. The van der Waals surface area contributed by atoms with Gasteiger partial charge in [-0.15, -0.1) is 11.3 Å². The number of amides is 1. The van der Waals surface area contributed by atoms with Gasteiger partial charge in [0.25, 0.3) is 5.91 Å². The highest BCUT2D eigenvalue weighted by Crippen LogP contribution is 2.36. The van der Waals surface area contributed by atoms with Gasteiger partial charge in [-0.05, 0) is 35.9 Å². The summed E-state index contributed by atoms with van der Waals surface area (Å²) in [5.41, 5.74) is 3.27. The summed E-state index contributed by atoms with van der Waals surface area (Å²) < 4.78 is 2.05. The maximum Gasteiger partial charge on any atom is 0.256 e. The van der Waals surface area contributed by atoms with Crippen LogP contribution in [0.5, 0.6) is 0 Å². The zero-order chi connectivity index (χ0) is 16.0. The Hall–Kier alpha value is -2.07. The van der Waals surface area contributed by atoms with Gasteiger partial charge in [-0.25, -0.2) is 0 Å². The minimum atomic E-state index is 0.158. The molecular weight excluding hydrogens is 304 g/mol. The summed E-state index contributed by atoms with van der Waals surface area (Å²) in [5.74, 6) is 0.158. The van der Waals surface area contributed by atoms with E-state index in [-0.39, 0.29) is 11.9 Å². The normalized spacial score (nSPS) is 17.5. The van der Waals surface area contributed by atoms with E-state index in [1.807, 2.05) is 47.3 Å². The van der Waals surface area contributed by atoms with Crippen molar-refractivity contribution in [2.45, 2.75) is 25.8 Å². The molecule has 3 aromatic rings. The van der Waals surface area contributed by atoms with Crippen molar-refractivity contribution in [2.24, 2.45) is 7.05 Å². The molecule has 0 bridgehead atoms. The Balaban J connectivity index is 1.76. The number of carbonyl (C=O) groups excluding carboxylic acids is 1. The van der Waals surface area contributed by atoms with E-state index in [2.05, 4.69) is 29.3 Å². The van der Waals surface area contributed by atoms with Gasteiger partial charge < -0.3 is 9.47 Å². The smallest absolute Gasteiger partial charge is 0.256 e. The van der Waals surface area contributed by atoms with Crippen LogP contribution < -0.4 is 0 Å². The number of aromatic nitrogens is 1. The fourth-order valence-corrected chi connectivity index (χ4v) is 4.67.